The summed E-state index contributed by atoms with van der Waals surface area (Å²) in [4.78, 5) is 0. The number of hydrogen-bond donors (Lipinski definition) is 0. The van der Waals surface area contributed by atoms with Crippen LogP contribution < -0.4 is 0 Å². The molecule has 3 atom stereocenters. The molecule has 0 heterocycles. The Labute approximate surface area is 53.2 Å². The molecular weight excluding hydrogens is 122 g/mol. The molecule has 0 radical (unpaired) electrons. The van der Waals surface area contributed by atoms with E-state index in [4.69, 9.17) is 0 Å². The minimum atomic E-state index is -2.26. The van der Waals surface area contributed by atoms with Crippen LogP contribution in [0.1, 0.15) is 19.8 Å². The smallest absolute Gasteiger partial charge is 0.206 e. The number of alkyl halides is 2. The summed E-state index contributed by atoms with van der Waals surface area (Å²) in [6.45, 7) is 2.06. The van der Waals surface area contributed by atoms with Gasteiger partial charge < -0.3 is 0 Å². The van der Waals surface area contributed by atoms with E-state index >= 15 is 0 Å². The molecule has 0 aromatic rings. The van der Waals surface area contributed by atoms with Gasteiger partial charge in [0, 0.05) is 11.8 Å². The van der Waals surface area contributed by atoms with E-state index in [1.165, 1.54) is 0 Å². The summed E-state index contributed by atoms with van der Waals surface area (Å²) in [5.41, 5.74) is 0. The Morgan fingerprint density at radius 2 is 1.67 bits per heavy atom. The van der Waals surface area contributed by atoms with Crippen molar-refractivity contribution in [3.63, 3.8) is 0 Å². The molecule has 52 valence electrons. The lowest BCUT2D eigenvalue weighted by atomic mass is 10.1. The summed E-state index contributed by atoms with van der Waals surface area (Å²) in [7, 11) is 0. The lowest BCUT2D eigenvalue weighted by molar-refractivity contribution is 0.0654. The van der Waals surface area contributed by atoms with E-state index < -0.39 is 5.92 Å². The second-order valence-corrected chi connectivity index (χ2v) is 3.46. The van der Waals surface area contributed by atoms with Crippen molar-refractivity contribution in [1.29, 1.82) is 0 Å². The van der Waals surface area contributed by atoms with Gasteiger partial charge in [-0.05, 0) is 18.8 Å². The van der Waals surface area contributed by atoms with Crippen LogP contribution in [-0.4, -0.2) is 5.92 Å². The number of hydrogen-bond acceptors (Lipinski definition) is 0. The normalized spacial score (nSPS) is 53.0. The zero-order chi connectivity index (χ0) is 6.65. The molecule has 2 fully saturated rings. The fraction of sp³-hybridized carbons (Fsp3) is 1.00. The minimum absolute atomic E-state index is 0.229. The van der Waals surface area contributed by atoms with Crippen LogP contribution in [0.25, 0.3) is 0 Å². The topological polar surface area (TPSA) is 0 Å². The van der Waals surface area contributed by atoms with E-state index in [-0.39, 0.29) is 11.8 Å². The van der Waals surface area contributed by atoms with Gasteiger partial charge in [-0.15, -0.1) is 0 Å². The van der Waals surface area contributed by atoms with Crippen LogP contribution in [0, 0.1) is 17.8 Å². The van der Waals surface area contributed by atoms with E-state index in [0.717, 1.165) is 12.8 Å². The van der Waals surface area contributed by atoms with Crippen molar-refractivity contribution in [1.82, 2.24) is 0 Å². The summed E-state index contributed by atoms with van der Waals surface area (Å²) in [6.07, 6.45) is 1.52. The van der Waals surface area contributed by atoms with Gasteiger partial charge in [0.1, 0.15) is 0 Å². The molecule has 0 bridgehead atoms. The number of halogens is 2. The maximum Gasteiger partial charge on any atom is 0.254 e. The van der Waals surface area contributed by atoms with Crippen LogP contribution in [0.2, 0.25) is 0 Å². The zero-order valence-electron chi connectivity index (χ0n) is 5.40. The molecule has 0 N–H and O–H groups in total. The van der Waals surface area contributed by atoms with Crippen LogP contribution in [-0.2, 0) is 0 Å². The summed E-state index contributed by atoms with van der Waals surface area (Å²) in [5, 5.41) is 0. The molecule has 2 heteroatoms. The van der Waals surface area contributed by atoms with Crippen LogP contribution >= 0.6 is 0 Å². The van der Waals surface area contributed by atoms with Gasteiger partial charge in [0.25, 0.3) is 5.92 Å². The van der Waals surface area contributed by atoms with Crippen molar-refractivity contribution in [2.75, 3.05) is 0 Å². The summed E-state index contributed by atoms with van der Waals surface area (Å²) in [6, 6.07) is 0. The molecule has 9 heavy (non-hydrogen) atoms. The largest absolute Gasteiger partial charge is 0.254 e. The van der Waals surface area contributed by atoms with E-state index in [1.54, 1.807) is 0 Å². The van der Waals surface area contributed by atoms with Crippen molar-refractivity contribution in [2.45, 2.75) is 25.7 Å². The summed E-state index contributed by atoms with van der Waals surface area (Å²) >= 11 is 0. The van der Waals surface area contributed by atoms with Gasteiger partial charge >= 0.3 is 0 Å². The molecule has 2 saturated carbocycles. The highest BCUT2D eigenvalue weighted by atomic mass is 19.3. The summed E-state index contributed by atoms with van der Waals surface area (Å²) in [5.74, 6) is -2.16. The molecule has 0 amide bonds. The summed E-state index contributed by atoms with van der Waals surface area (Å²) < 4.78 is 24.8. The third kappa shape index (κ3) is 0.565. The Morgan fingerprint density at radius 3 is 2.00 bits per heavy atom. The molecule has 0 aromatic carbocycles. The van der Waals surface area contributed by atoms with Gasteiger partial charge in [0.05, 0.1) is 0 Å². The van der Waals surface area contributed by atoms with Gasteiger partial charge in [0.15, 0.2) is 0 Å². The van der Waals surface area contributed by atoms with E-state index in [2.05, 4.69) is 6.92 Å². The Bertz CT molecular complexity index is 128. The highest BCUT2D eigenvalue weighted by molar-refractivity contribution is 5.10. The Morgan fingerprint density at radius 1 is 1.22 bits per heavy atom. The first-order valence-corrected chi connectivity index (χ1v) is 3.50. The Hall–Kier alpha value is -0.140. The quantitative estimate of drug-likeness (QED) is 0.474. The third-order valence-electron chi connectivity index (χ3n) is 2.68. The Kier molecular flexibility index (Phi) is 0.814. The van der Waals surface area contributed by atoms with Gasteiger partial charge in [-0.1, -0.05) is 6.92 Å². The first-order valence-electron chi connectivity index (χ1n) is 3.50. The maximum absolute atomic E-state index is 12.4. The van der Waals surface area contributed by atoms with Gasteiger partial charge in [-0.3, -0.25) is 0 Å². The SMILES string of the molecule is CC1C[C@@H]2[C@H](C1)C2(F)F. The van der Waals surface area contributed by atoms with Crippen molar-refractivity contribution in [2.24, 2.45) is 17.8 Å². The zero-order valence-corrected chi connectivity index (χ0v) is 5.40. The lowest BCUT2D eigenvalue weighted by Gasteiger charge is -2.05. The van der Waals surface area contributed by atoms with Gasteiger partial charge in [-0.25, -0.2) is 8.78 Å². The lowest BCUT2D eigenvalue weighted by Crippen LogP contribution is -2.04. The first kappa shape index (κ1) is 5.63. The predicted molar refractivity (Wildman–Crippen MR) is 30.3 cm³/mol. The van der Waals surface area contributed by atoms with E-state index in [1.807, 2.05) is 0 Å². The fourth-order valence-corrected chi connectivity index (χ4v) is 2.07. The third-order valence-corrected chi connectivity index (χ3v) is 2.68. The van der Waals surface area contributed by atoms with Crippen molar-refractivity contribution < 1.29 is 8.78 Å². The molecule has 1 unspecified atom stereocenters. The van der Waals surface area contributed by atoms with Crippen LogP contribution in [0.3, 0.4) is 0 Å². The molecule has 0 spiro atoms. The highest BCUT2D eigenvalue weighted by Crippen LogP contribution is 2.65. The molecular formula is C7H10F2. The minimum Gasteiger partial charge on any atom is -0.206 e. The van der Waals surface area contributed by atoms with Crippen molar-refractivity contribution >= 4 is 0 Å². The van der Waals surface area contributed by atoms with Crippen LogP contribution in [0.5, 0.6) is 0 Å². The van der Waals surface area contributed by atoms with E-state index in [0.29, 0.717) is 5.92 Å². The predicted octanol–water partition coefficient (Wildman–Crippen LogP) is 2.30. The molecule has 2 aliphatic rings. The van der Waals surface area contributed by atoms with E-state index in [9.17, 15) is 8.78 Å². The number of rotatable bonds is 0. The molecule has 0 saturated heterocycles. The second-order valence-electron chi connectivity index (χ2n) is 3.46. The standard InChI is InChI=1S/C7H10F2/c1-4-2-5-6(3-4)7(5,8)9/h4-6H,2-3H2,1H3/t4?,5-,6+. The molecule has 0 aliphatic heterocycles. The second kappa shape index (κ2) is 1.30. The van der Waals surface area contributed by atoms with Crippen LogP contribution in [0.15, 0.2) is 0 Å². The van der Waals surface area contributed by atoms with Crippen molar-refractivity contribution in [3.8, 4) is 0 Å². The fourth-order valence-electron chi connectivity index (χ4n) is 2.07. The molecule has 2 rings (SSSR count). The Balaban J connectivity index is 2.06. The molecule has 0 aromatic heterocycles. The molecule has 0 nitrogen and oxygen atoms in total. The maximum atomic E-state index is 12.4. The average Bonchev–Trinajstić information content (AvgIpc) is 2.27. The van der Waals surface area contributed by atoms with Crippen LogP contribution in [0.4, 0.5) is 8.78 Å². The van der Waals surface area contributed by atoms with Gasteiger partial charge in [0.2, 0.25) is 0 Å². The monoisotopic (exact) mass is 132 g/mol. The van der Waals surface area contributed by atoms with Crippen molar-refractivity contribution in [3.05, 3.63) is 0 Å². The number of fused-ring (bicyclic) bond motifs is 1. The first-order chi connectivity index (χ1) is 4.12. The molecule has 2 aliphatic carbocycles. The van der Waals surface area contributed by atoms with Gasteiger partial charge in [-0.2, -0.15) is 0 Å². The average molecular weight is 132 g/mol. The highest BCUT2D eigenvalue weighted by Gasteiger charge is 2.70.